The van der Waals surface area contributed by atoms with Crippen LogP contribution < -0.4 is 4.87 Å². The van der Waals surface area contributed by atoms with E-state index in [1.165, 1.54) is 11.3 Å². The minimum absolute atomic E-state index is 0.0295. The first kappa shape index (κ1) is 12.0. The second-order valence-electron chi connectivity index (χ2n) is 3.95. The Balaban J connectivity index is 2.22. The van der Waals surface area contributed by atoms with E-state index in [2.05, 4.69) is 17.1 Å². The molecule has 0 saturated carbocycles. The molecule has 2 aromatic rings. The van der Waals surface area contributed by atoms with Gasteiger partial charge in [-0.3, -0.25) is 9.36 Å². The highest BCUT2D eigenvalue weighted by Crippen LogP contribution is 2.11. The lowest BCUT2D eigenvalue weighted by Gasteiger charge is -1.99. The average molecular weight is 253 g/mol. The number of hydrogen-bond acceptors (Lipinski definition) is 5. The van der Waals surface area contributed by atoms with Crippen LogP contribution in [0.2, 0.25) is 0 Å². The lowest BCUT2D eigenvalue weighted by molar-refractivity contribution is 0.371. The van der Waals surface area contributed by atoms with Gasteiger partial charge in [-0.2, -0.15) is 4.98 Å². The SMILES string of the molecule is CCCc1nc(Cn2c(C)c(C)sc2=O)no1. The molecule has 92 valence electrons. The summed E-state index contributed by atoms with van der Waals surface area (Å²) in [6.45, 7) is 6.32. The molecule has 0 amide bonds. The molecule has 2 rings (SSSR count). The first-order valence-corrected chi connectivity index (χ1v) is 6.41. The highest BCUT2D eigenvalue weighted by Gasteiger charge is 2.11. The summed E-state index contributed by atoms with van der Waals surface area (Å²) < 4.78 is 6.77. The van der Waals surface area contributed by atoms with Crippen molar-refractivity contribution in [1.29, 1.82) is 0 Å². The van der Waals surface area contributed by atoms with Gasteiger partial charge in [0.2, 0.25) is 5.89 Å². The van der Waals surface area contributed by atoms with E-state index < -0.39 is 0 Å². The summed E-state index contributed by atoms with van der Waals surface area (Å²) >= 11 is 1.25. The maximum absolute atomic E-state index is 11.7. The Morgan fingerprint density at radius 2 is 2.18 bits per heavy atom. The van der Waals surface area contributed by atoms with E-state index in [4.69, 9.17) is 4.52 Å². The predicted molar refractivity (Wildman–Crippen MR) is 65.4 cm³/mol. The van der Waals surface area contributed by atoms with E-state index in [1.807, 2.05) is 13.8 Å². The molecule has 0 atom stereocenters. The van der Waals surface area contributed by atoms with E-state index in [0.29, 0.717) is 18.3 Å². The van der Waals surface area contributed by atoms with Gasteiger partial charge in [0, 0.05) is 17.0 Å². The van der Waals surface area contributed by atoms with Crippen LogP contribution in [0.25, 0.3) is 0 Å². The lowest BCUT2D eigenvalue weighted by Crippen LogP contribution is -2.16. The van der Waals surface area contributed by atoms with Crippen molar-refractivity contribution >= 4 is 11.3 Å². The summed E-state index contributed by atoms with van der Waals surface area (Å²) in [7, 11) is 0. The van der Waals surface area contributed by atoms with Crippen LogP contribution in [-0.2, 0) is 13.0 Å². The van der Waals surface area contributed by atoms with Crippen LogP contribution in [0, 0.1) is 13.8 Å². The van der Waals surface area contributed by atoms with Crippen molar-refractivity contribution in [2.24, 2.45) is 0 Å². The van der Waals surface area contributed by atoms with E-state index in [1.54, 1.807) is 4.57 Å². The van der Waals surface area contributed by atoms with Gasteiger partial charge in [-0.1, -0.05) is 23.4 Å². The maximum atomic E-state index is 11.7. The molecule has 0 fully saturated rings. The fourth-order valence-corrected chi connectivity index (χ4v) is 2.41. The zero-order valence-corrected chi connectivity index (χ0v) is 11.0. The van der Waals surface area contributed by atoms with E-state index in [-0.39, 0.29) is 4.87 Å². The summed E-state index contributed by atoms with van der Waals surface area (Å²) in [6, 6.07) is 0. The Morgan fingerprint density at radius 1 is 1.41 bits per heavy atom. The highest BCUT2D eigenvalue weighted by molar-refractivity contribution is 7.09. The minimum Gasteiger partial charge on any atom is -0.339 e. The first-order valence-electron chi connectivity index (χ1n) is 5.60. The predicted octanol–water partition coefficient (Wildman–Crippen LogP) is 1.91. The maximum Gasteiger partial charge on any atom is 0.307 e. The standard InChI is InChI=1S/C11H15N3O2S/c1-4-5-10-12-9(13-16-10)6-14-7(2)8(3)17-11(14)15/h4-6H2,1-3H3. The Hall–Kier alpha value is -1.43. The van der Waals surface area contributed by atoms with E-state index in [9.17, 15) is 4.79 Å². The van der Waals surface area contributed by atoms with Gasteiger partial charge < -0.3 is 4.52 Å². The van der Waals surface area contributed by atoms with Gasteiger partial charge in [0.1, 0.15) is 0 Å². The van der Waals surface area contributed by atoms with Crippen LogP contribution in [0.1, 0.15) is 35.6 Å². The molecule has 0 aliphatic heterocycles. The zero-order chi connectivity index (χ0) is 12.4. The van der Waals surface area contributed by atoms with Crippen LogP contribution in [0.5, 0.6) is 0 Å². The van der Waals surface area contributed by atoms with Gasteiger partial charge in [-0.05, 0) is 20.3 Å². The van der Waals surface area contributed by atoms with Gasteiger partial charge in [-0.25, -0.2) is 0 Å². The fraction of sp³-hybridized carbons (Fsp3) is 0.545. The third-order valence-electron chi connectivity index (χ3n) is 2.65. The number of thiazole rings is 1. The first-order chi connectivity index (χ1) is 8.11. The fourth-order valence-electron chi connectivity index (χ4n) is 1.58. The normalized spacial score (nSPS) is 11.0. The Bertz CT molecular complexity index is 568. The third-order valence-corrected chi connectivity index (χ3v) is 3.65. The number of aryl methyl sites for hydroxylation is 2. The molecule has 0 bridgehead atoms. The molecular formula is C11H15N3O2S. The zero-order valence-electron chi connectivity index (χ0n) is 10.2. The summed E-state index contributed by atoms with van der Waals surface area (Å²) in [5.74, 6) is 1.21. The molecule has 5 nitrogen and oxygen atoms in total. The average Bonchev–Trinajstić information content (AvgIpc) is 2.81. The minimum atomic E-state index is 0.0295. The largest absolute Gasteiger partial charge is 0.339 e. The van der Waals surface area contributed by atoms with Crippen molar-refractivity contribution in [1.82, 2.24) is 14.7 Å². The number of rotatable bonds is 4. The Morgan fingerprint density at radius 3 is 2.76 bits per heavy atom. The van der Waals surface area contributed by atoms with Crippen molar-refractivity contribution in [3.8, 4) is 0 Å². The quantitative estimate of drug-likeness (QED) is 0.835. The molecule has 2 heterocycles. The van der Waals surface area contributed by atoms with Crippen molar-refractivity contribution < 1.29 is 4.52 Å². The smallest absolute Gasteiger partial charge is 0.307 e. The van der Waals surface area contributed by atoms with Gasteiger partial charge in [0.25, 0.3) is 0 Å². The van der Waals surface area contributed by atoms with Gasteiger partial charge in [-0.15, -0.1) is 0 Å². The van der Waals surface area contributed by atoms with Crippen LogP contribution in [-0.4, -0.2) is 14.7 Å². The second-order valence-corrected chi connectivity index (χ2v) is 5.12. The third kappa shape index (κ3) is 2.46. The Kier molecular flexibility index (Phi) is 3.42. The summed E-state index contributed by atoms with van der Waals surface area (Å²) in [5, 5.41) is 3.88. The summed E-state index contributed by atoms with van der Waals surface area (Å²) in [5.41, 5.74) is 0.974. The van der Waals surface area contributed by atoms with Crippen LogP contribution in [0.4, 0.5) is 0 Å². The van der Waals surface area contributed by atoms with Gasteiger partial charge >= 0.3 is 4.87 Å². The molecule has 0 N–H and O–H groups in total. The summed E-state index contributed by atoms with van der Waals surface area (Å²) in [6.07, 6.45) is 1.75. The molecule has 0 saturated heterocycles. The molecule has 2 aromatic heterocycles. The monoisotopic (exact) mass is 253 g/mol. The number of nitrogens with zero attached hydrogens (tertiary/aromatic N) is 3. The molecule has 0 unspecified atom stereocenters. The molecule has 0 aromatic carbocycles. The van der Waals surface area contributed by atoms with Crippen LogP contribution >= 0.6 is 11.3 Å². The lowest BCUT2D eigenvalue weighted by atomic mass is 10.3. The van der Waals surface area contributed by atoms with E-state index in [0.717, 1.165) is 23.4 Å². The van der Waals surface area contributed by atoms with E-state index >= 15 is 0 Å². The van der Waals surface area contributed by atoms with Crippen molar-refractivity contribution in [3.05, 3.63) is 32.0 Å². The van der Waals surface area contributed by atoms with Crippen LogP contribution in [0.15, 0.2) is 9.32 Å². The van der Waals surface area contributed by atoms with Crippen LogP contribution in [0.3, 0.4) is 0 Å². The molecular weight excluding hydrogens is 238 g/mol. The van der Waals surface area contributed by atoms with Crippen molar-refractivity contribution in [3.63, 3.8) is 0 Å². The molecule has 0 spiro atoms. The second kappa shape index (κ2) is 4.83. The van der Waals surface area contributed by atoms with Crippen molar-refractivity contribution in [2.75, 3.05) is 0 Å². The van der Waals surface area contributed by atoms with Gasteiger partial charge in [0.15, 0.2) is 5.82 Å². The molecule has 17 heavy (non-hydrogen) atoms. The number of aromatic nitrogens is 3. The van der Waals surface area contributed by atoms with Crippen molar-refractivity contribution in [2.45, 2.75) is 40.2 Å². The molecule has 0 aliphatic rings. The molecule has 6 heteroatoms. The molecule has 0 aliphatic carbocycles. The topological polar surface area (TPSA) is 60.9 Å². The summed E-state index contributed by atoms with van der Waals surface area (Å²) in [4.78, 5) is 17.0. The number of hydrogen-bond donors (Lipinski definition) is 0. The Labute approximate surface area is 103 Å². The highest BCUT2D eigenvalue weighted by atomic mass is 32.1. The van der Waals surface area contributed by atoms with Gasteiger partial charge in [0.05, 0.1) is 6.54 Å². The molecule has 0 radical (unpaired) electrons.